The first kappa shape index (κ1) is 15.3. The predicted molar refractivity (Wildman–Crippen MR) is 93.4 cm³/mol. The van der Waals surface area contributed by atoms with Gasteiger partial charge in [0.05, 0.1) is 11.3 Å². The fourth-order valence-electron chi connectivity index (χ4n) is 2.68. The number of nitrogens with one attached hydrogen (secondary N) is 1. The zero-order chi connectivity index (χ0) is 16.6. The number of hydrogen-bond donors (Lipinski definition) is 3. The number of rotatable bonds is 2. The van der Waals surface area contributed by atoms with E-state index in [-0.39, 0.29) is 5.57 Å². The van der Waals surface area contributed by atoms with Crippen LogP contribution in [0.5, 0.6) is 0 Å². The molecule has 4 N–H and O–H groups in total. The number of hydrogen-bond acceptors (Lipinski definition) is 4. The van der Waals surface area contributed by atoms with Crippen LogP contribution in [0.25, 0.3) is 5.57 Å². The number of fused-ring (bicyclic) bond motifs is 1. The van der Waals surface area contributed by atoms with Gasteiger partial charge in [0.2, 0.25) is 0 Å². The van der Waals surface area contributed by atoms with Gasteiger partial charge in [-0.2, -0.15) is 0 Å². The highest BCUT2D eigenvalue weighted by Crippen LogP contribution is 2.34. The van der Waals surface area contributed by atoms with E-state index < -0.39 is 5.91 Å². The molecule has 6 heteroatoms. The Hall–Kier alpha value is -2.60. The predicted octanol–water partition coefficient (Wildman–Crippen LogP) is 3.26. The molecule has 1 aliphatic heterocycles. The molecule has 0 unspecified atom stereocenters. The average Bonchev–Trinajstić information content (AvgIpc) is 2.89. The van der Waals surface area contributed by atoms with E-state index in [1.54, 1.807) is 0 Å². The van der Waals surface area contributed by atoms with Gasteiger partial charge in [-0.3, -0.25) is 4.79 Å². The summed E-state index contributed by atoms with van der Waals surface area (Å²) in [6.45, 7) is 1.89. The van der Waals surface area contributed by atoms with Gasteiger partial charge in [-0.1, -0.05) is 51.4 Å². The molecule has 2 aromatic rings. The minimum atomic E-state index is -0.595. The number of benzene rings is 2. The van der Waals surface area contributed by atoms with E-state index in [1.165, 1.54) is 0 Å². The lowest BCUT2D eigenvalue weighted by atomic mass is 9.96. The highest BCUT2D eigenvalue weighted by Gasteiger charge is 2.29. The summed E-state index contributed by atoms with van der Waals surface area (Å²) in [6, 6.07) is 12.9. The summed E-state index contributed by atoms with van der Waals surface area (Å²) < 4.78 is 0.868. The van der Waals surface area contributed by atoms with Gasteiger partial charge in [-0.25, -0.2) is 0 Å². The minimum Gasteiger partial charge on any atom is -0.410 e. The number of nitrogens with zero attached hydrogens (tertiary/aromatic N) is 1. The summed E-state index contributed by atoms with van der Waals surface area (Å²) in [5, 5.41) is 15.9. The number of para-hydroxylation sites is 1. The van der Waals surface area contributed by atoms with Crippen LogP contribution in [0, 0.1) is 6.92 Å². The van der Waals surface area contributed by atoms with Crippen molar-refractivity contribution in [1.29, 1.82) is 0 Å². The topological polar surface area (TPSA) is 87.7 Å². The lowest BCUT2D eigenvalue weighted by Crippen LogP contribution is -2.19. The second-order valence-corrected chi connectivity index (χ2v) is 6.00. The molecule has 0 spiro atoms. The summed E-state index contributed by atoms with van der Waals surface area (Å²) in [6.07, 6.45) is 0. The summed E-state index contributed by atoms with van der Waals surface area (Å²) in [4.78, 5) is 12.1. The zero-order valence-electron chi connectivity index (χ0n) is 12.3. The maximum absolute atomic E-state index is 12.1. The molecular formula is C17H14BrN3O2. The maximum atomic E-state index is 12.1. The summed E-state index contributed by atoms with van der Waals surface area (Å²) in [5.41, 5.74) is 9.67. The van der Waals surface area contributed by atoms with Crippen molar-refractivity contribution >= 4 is 38.8 Å². The van der Waals surface area contributed by atoms with Gasteiger partial charge in [0.25, 0.3) is 5.91 Å². The van der Waals surface area contributed by atoms with Gasteiger partial charge >= 0.3 is 0 Å². The molecule has 116 valence electrons. The number of amides is 1. The van der Waals surface area contributed by atoms with Crippen LogP contribution in [0.15, 0.2) is 57.8 Å². The van der Waals surface area contributed by atoms with Crippen molar-refractivity contribution in [3.05, 3.63) is 69.3 Å². The number of nitrogens with two attached hydrogens (primary N) is 1. The SMILES string of the molecule is Cc1c(Br)cccc1/C(C(N)=O)=C1/Nc2ccccc2/C1=N/O. The van der Waals surface area contributed by atoms with Gasteiger partial charge in [0.1, 0.15) is 5.71 Å². The summed E-state index contributed by atoms with van der Waals surface area (Å²) in [5.74, 6) is -0.595. The van der Waals surface area contributed by atoms with E-state index >= 15 is 0 Å². The fourth-order valence-corrected chi connectivity index (χ4v) is 3.05. The van der Waals surface area contributed by atoms with Gasteiger partial charge in [0.15, 0.2) is 0 Å². The number of halogens is 1. The average molecular weight is 372 g/mol. The molecule has 2 aromatic carbocycles. The Kier molecular flexibility index (Phi) is 3.92. The smallest absolute Gasteiger partial charge is 0.251 e. The van der Waals surface area contributed by atoms with Crippen LogP contribution in [0.1, 0.15) is 16.7 Å². The Morgan fingerprint density at radius 1 is 1.22 bits per heavy atom. The lowest BCUT2D eigenvalue weighted by Gasteiger charge is -2.13. The third kappa shape index (κ3) is 2.51. The first-order valence-electron chi connectivity index (χ1n) is 6.93. The zero-order valence-corrected chi connectivity index (χ0v) is 13.9. The molecule has 1 amide bonds. The quantitative estimate of drug-likeness (QED) is 0.430. The van der Waals surface area contributed by atoms with Gasteiger partial charge in [-0.05, 0) is 30.2 Å². The van der Waals surface area contributed by atoms with Crippen LogP contribution in [-0.2, 0) is 4.79 Å². The third-order valence-corrected chi connectivity index (χ3v) is 4.67. The molecule has 0 aliphatic carbocycles. The number of allylic oxidation sites excluding steroid dienone is 1. The molecular weight excluding hydrogens is 358 g/mol. The molecule has 0 bridgehead atoms. The summed E-state index contributed by atoms with van der Waals surface area (Å²) >= 11 is 3.46. The molecule has 0 aromatic heterocycles. The molecule has 1 heterocycles. The lowest BCUT2D eigenvalue weighted by molar-refractivity contribution is -0.112. The maximum Gasteiger partial charge on any atom is 0.251 e. The van der Waals surface area contributed by atoms with Crippen molar-refractivity contribution in [2.24, 2.45) is 10.9 Å². The molecule has 0 saturated carbocycles. The van der Waals surface area contributed by atoms with Crippen LogP contribution in [0.3, 0.4) is 0 Å². The van der Waals surface area contributed by atoms with E-state index in [0.29, 0.717) is 17.0 Å². The van der Waals surface area contributed by atoms with Crippen molar-refractivity contribution in [1.82, 2.24) is 0 Å². The molecule has 0 saturated heterocycles. The van der Waals surface area contributed by atoms with Crippen LogP contribution >= 0.6 is 15.9 Å². The Morgan fingerprint density at radius 3 is 2.65 bits per heavy atom. The van der Waals surface area contributed by atoms with Crippen LogP contribution in [0.4, 0.5) is 5.69 Å². The van der Waals surface area contributed by atoms with Gasteiger partial charge in [0, 0.05) is 15.7 Å². The molecule has 0 atom stereocenters. The molecule has 23 heavy (non-hydrogen) atoms. The number of carbonyl (C=O) groups excluding carboxylic acids is 1. The van der Waals surface area contributed by atoms with E-state index in [0.717, 1.165) is 21.3 Å². The highest BCUT2D eigenvalue weighted by atomic mass is 79.9. The summed E-state index contributed by atoms with van der Waals surface area (Å²) in [7, 11) is 0. The number of carbonyl (C=O) groups is 1. The van der Waals surface area contributed by atoms with Crippen molar-refractivity contribution in [2.75, 3.05) is 5.32 Å². The minimum absolute atomic E-state index is 0.285. The van der Waals surface area contributed by atoms with Crippen molar-refractivity contribution in [2.45, 2.75) is 6.92 Å². The molecule has 5 nitrogen and oxygen atoms in total. The molecule has 1 aliphatic rings. The second-order valence-electron chi connectivity index (χ2n) is 5.15. The van der Waals surface area contributed by atoms with Crippen LogP contribution in [0.2, 0.25) is 0 Å². The number of oxime groups is 1. The Morgan fingerprint density at radius 2 is 1.96 bits per heavy atom. The Bertz CT molecular complexity index is 872. The standard InChI is InChI=1S/C17H14BrN3O2/c1-9-10(6-4-7-12(9)18)14(17(19)22)16-15(21-23)11-5-2-3-8-13(11)20-16/h2-8,20,23H,1H3,(H2,19,22)/b16-14-,21-15-. The van der Waals surface area contributed by atoms with Crippen molar-refractivity contribution in [3.63, 3.8) is 0 Å². The first-order valence-corrected chi connectivity index (χ1v) is 7.72. The van der Waals surface area contributed by atoms with E-state index in [4.69, 9.17) is 5.73 Å². The van der Waals surface area contributed by atoms with E-state index in [9.17, 15) is 10.0 Å². The Labute approximate surface area is 141 Å². The Balaban J connectivity index is 2.29. The highest BCUT2D eigenvalue weighted by molar-refractivity contribution is 9.10. The molecule has 3 rings (SSSR count). The largest absolute Gasteiger partial charge is 0.410 e. The molecule has 0 radical (unpaired) electrons. The number of anilines is 1. The third-order valence-electron chi connectivity index (χ3n) is 3.81. The second kappa shape index (κ2) is 5.89. The van der Waals surface area contributed by atoms with Crippen molar-refractivity contribution < 1.29 is 10.0 Å². The van der Waals surface area contributed by atoms with Gasteiger partial charge in [-0.15, -0.1) is 0 Å². The monoisotopic (exact) mass is 371 g/mol. The van der Waals surface area contributed by atoms with E-state index in [2.05, 4.69) is 26.4 Å². The van der Waals surface area contributed by atoms with Crippen LogP contribution in [-0.4, -0.2) is 16.8 Å². The van der Waals surface area contributed by atoms with Crippen molar-refractivity contribution in [3.8, 4) is 0 Å². The fraction of sp³-hybridized carbons (Fsp3) is 0.0588. The van der Waals surface area contributed by atoms with E-state index in [1.807, 2.05) is 49.4 Å². The normalized spacial score (nSPS) is 16.9. The first-order chi connectivity index (χ1) is 11.0. The number of primary amides is 1. The molecule has 0 fully saturated rings. The van der Waals surface area contributed by atoms with Gasteiger partial charge < -0.3 is 16.3 Å². The van der Waals surface area contributed by atoms with Crippen LogP contribution < -0.4 is 11.1 Å².